The quantitative estimate of drug-likeness (QED) is 0.579. The number of alkyl halides is 3. The van der Waals surface area contributed by atoms with Crippen LogP contribution in [0.5, 0.6) is 0 Å². The van der Waals surface area contributed by atoms with E-state index in [2.05, 4.69) is 11.7 Å². The van der Waals surface area contributed by atoms with Crippen molar-refractivity contribution in [2.24, 2.45) is 0 Å². The smallest absolute Gasteiger partial charge is 0.315 e. The number of rotatable bonds is 1. The van der Waals surface area contributed by atoms with Gasteiger partial charge < -0.3 is 4.59 Å². The van der Waals surface area contributed by atoms with Gasteiger partial charge in [-0.15, -0.1) is 0 Å². The fourth-order valence-corrected chi connectivity index (χ4v) is 0.951. The molecule has 12 heavy (non-hydrogen) atoms. The first-order chi connectivity index (χ1) is 5.46. The minimum atomic E-state index is -4.37. The molecule has 1 aromatic rings. The van der Waals surface area contributed by atoms with Crippen LogP contribution in [0.25, 0.3) is 6.08 Å². The van der Waals surface area contributed by atoms with Crippen LogP contribution in [-0.2, 0) is 6.18 Å². The molecule has 0 N–H and O–H groups in total. The van der Waals surface area contributed by atoms with E-state index >= 15 is 0 Å². The number of hydrogen-bond acceptors (Lipinski definition) is 1. The second-order valence-corrected chi connectivity index (χ2v) is 2.27. The van der Waals surface area contributed by atoms with Crippen LogP contribution in [-0.4, -0.2) is 17.7 Å². The Kier molecular flexibility index (Phi) is 2.00. The van der Waals surface area contributed by atoms with E-state index in [4.69, 9.17) is 0 Å². The van der Waals surface area contributed by atoms with Gasteiger partial charge in [-0.1, -0.05) is 12.7 Å². The molecular formula is C6H6BF3N2. The first-order valence-corrected chi connectivity index (χ1v) is 3.18. The van der Waals surface area contributed by atoms with Gasteiger partial charge in [0.25, 0.3) is 0 Å². The maximum Gasteiger partial charge on any atom is 0.432 e. The van der Waals surface area contributed by atoms with Crippen molar-refractivity contribution in [1.29, 1.82) is 0 Å². The van der Waals surface area contributed by atoms with Gasteiger partial charge in [0.15, 0.2) is 0 Å². The van der Waals surface area contributed by atoms with Crippen LogP contribution >= 0.6 is 0 Å². The summed E-state index contributed by atoms with van der Waals surface area (Å²) in [5, 5.41) is 3.48. The van der Waals surface area contributed by atoms with E-state index in [0.717, 1.165) is 16.9 Å². The highest BCUT2D eigenvalue weighted by molar-refractivity contribution is 6.06. The monoisotopic (exact) mass is 174 g/mol. The standard InChI is InChI=1S/C6H6BF3N2/c1-2-4-3-11-12(7)5(4)6(8,9)10/h2-3H,1,7H2. The Bertz CT molecular complexity index is 302. The molecule has 0 aliphatic rings. The van der Waals surface area contributed by atoms with E-state index in [0.29, 0.717) is 0 Å². The largest absolute Gasteiger partial charge is 0.432 e. The van der Waals surface area contributed by atoms with Crippen LogP contribution in [0.4, 0.5) is 13.2 Å². The van der Waals surface area contributed by atoms with Crippen LogP contribution < -0.4 is 0 Å². The maximum atomic E-state index is 12.2. The zero-order valence-electron chi connectivity index (χ0n) is 6.39. The van der Waals surface area contributed by atoms with Crippen LogP contribution in [0.3, 0.4) is 0 Å². The Morgan fingerprint density at radius 2 is 2.17 bits per heavy atom. The average Bonchev–Trinajstić information content (AvgIpc) is 2.29. The molecule has 0 unspecified atom stereocenters. The van der Waals surface area contributed by atoms with Gasteiger partial charge in [0.1, 0.15) is 5.69 Å². The fraction of sp³-hybridized carbons (Fsp3) is 0.167. The third-order valence-electron chi connectivity index (χ3n) is 1.46. The Labute approximate surface area is 68.1 Å². The highest BCUT2D eigenvalue weighted by Gasteiger charge is 2.35. The zero-order valence-corrected chi connectivity index (χ0v) is 6.39. The lowest BCUT2D eigenvalue weighted by atomic mass is 10.2. The molecule has 1 aromatic heterocycles. The maximum absolute atomic E-state index is 12.2. The van der Waals surface area contributed by atoms with Crippen molar-refractivity contribution in [3.05, 3.63) is 24.0 Å². The molecular weight excluding hydrogens is 168 g/mol. The van der Waals surface area contributed by atoms with Gasteiger partial charge in [0.05, 0.1) is 6.20 Å². The number of nitrogens with zero attached hydrogens (tertiary/aromatic N) is 2. The molecule has 6 heteroatoms. The summed E-state index contributed by atoms with van der Waals surface area (Å²) < 4.78 is 37.5. The molecule has 0 amide bonds. The number of hydrogen-bond donors (Lipinski definition) is 0. The van der Waals surface area contributed by atoms with Crippen LogP contribution in [0.2, 0.25) is 0 Å². The molecule has 1 heterocycles. The minimum absolute atomic E-state index is 0.00463. The van der Waals surface area contributed by atoms with E-state index < -0.39 is 11.9 Å². The molecule has 2 nitrogen and oxygen atoms in total. The molecule has 0 saturated heterocycles. The third-order valence-corrected chi connectivity index (χ3v) is 1.46. The van der Waals surface area contributed by atoms with E-state index in [1.165, 1.54) is 7.98 Å². The predicted molar refractivity (Wildman–Crippen MR) is 41.3 cm³/mol. The summed E-state index contributed by atoms with van der Waals surface area (Å²) >= 11 is 0. The molecule has 0 spiro atoms. The topological polar surface area (TPSA) is 17.8 Å². The second-order valence-electron chi connectivity index (χ2n) is 2.27. The van der Waals surface area contributed by atoms with Crippen molar-refractivity contribution in [1.82, 2.24) is 9.69 Å². The van der Waals surface area contributed by atoms with Gasteiger partial charge in [-0.25, -0.2) is 0 Å². The molecule has 0 aliphatic carbocycles. The first-order valence-electron chi connectivity index (χ1n) is 3.18. The van der Waals surface area contributed by atoms with Crippen molar-refractivity contribution in [2.75, 3.05) is 0 Å². The third kappa shape index (κ3) is 1.37. The van der Waals surface area contributed by atoms with Crippen molar-refractivity contribution in [3.8, 4) is 0 Å². The van der Waals surface area contributed by atoms with Crippen molar-refractivity contribution >= 4 is 14.1 Å². The summed E-state index contributed by atoms with van der Waals surface area (Å²) in [5.41, 5.74) is -0.762. The van der Waals surface area contributed by atoms with Gasteiger partial charge in [-0.05, 0) is 0 Å². The van der Waals surface area contributed by atoms with Crippen molar-refractivity contribution in [3.63, 3.8) is 0 Å². The van der Waals surface area contributed by atoms with Crippen molar-refractivity contribution in [2.45, 2.75) is 6.18 Å². The van der Waals surface area contributed by atoms with Crippen LogP contribution in [0.15, 0.2) is 12.8 Å². The van der Waals surface area contributed by atoms with Crippen LogP contribution in [0, 0.1) is 0 Å². The molecule has 1 rings (SSSR count). The van der Waals surface area contributed by atoms with E-state index in [-0.39, 0.29) is 5.56 Å². The molecule has 0 fully saturated rings. The molecule has 0 bridgehead atoms. The molecule has 64 valence electrons. The van der Waals surface area contributed by atoms with Gasteiger partial charge in [-0.3, -0.25) is 0 Å². The lowest BCUT2D eigenvalue weighted by Gasteiger charge is -2.07. The number of aromatic nitrogens is 2. The molecule has 0 aromatic carbocycles. The summed E-state index contributed by atoms with van der Waals surface area (Å²) in [6, 6.07) is 0. The second kappa shape index (κ2) is 2.69. The normalized spacial score (nSPS) is 11.6. The minimum Gasteiger partial charge on any atom is -0.315 e. The lowest BCUT2D eigenvalue weighted by Crippen LogP contribution is -2.14. The summed E-state index contributed by atoms with van der Waals surface area (Å²) in [6.45, 7) is 3.27. The fourth-order valence-electron chi connectivity index (χ4n) is 0.951. The van der Waals surface area contributed by atoms with E-state index in [9.17, 15) is 13.2 Å². The Morgan fingerprint density at radius 1 is 1.58 bits per heavy atom. The highest BCUT2D eigenvalue weighted by Crippen LogP contribution is 2.31. The average molecular weight is 174 g/mol. The zero-order chi connectivity index (χ0) is 9.35. The van der Waals surface area contributed by atoms with Crippen LogP contribution in [0.1, 0.15) is 11.3 Å². The van der Waals surface area contributed by atoms with Gasteiger partial charge in [0.2, 0.25) is 7.98 Å². The number of halogens is 3. The Morgan fingerprint density at radius 3 is 2.50 bits per heavy atom. The summed E-state index contributed by atoms with van der Waals surface area (Å²) in [5.74, 6) is 0. The molecule has 0 radical (unpaired) electrons. The summed E-state index contributed by atoms with van der Waals surface area (Å²) in [7, 11) is 1.25. The summed E-state index contributed by atoms with van der Waals surface area (Å²) in [4.78, 5) is 0. The van der Waals surface area contributed by atoms with E-state index in [1.807, 2.05) is 0 Å². The molecule has 0 aliphatic heterocycles. The predicted octanol–water partition coefficient (Wildman–Crippen LogP) is 0.941. The molecule has 0 atom stereocenters. The molecule has 0 saturated carbocycles. The first kappa shape index (κ1) is 8.90. The summed E-state index contributed by atoms with van der Waals surface area (Å²) in [6.07, 6.45) is -2.10. The SMILES string of the molecule is Bn1ncc(C=C)c1C(F)(F)F. The van der Waals surface area contributed by atoms with Gasteiger partial charge in [0, 0.05) is 5.56 Å². The highest BCUT2D eigenvalue weighted by atomic mass is 19.4. The van der Waals surface area contributed by atoms with Crippen molar-refractivity contribution < 1.29 is 13.2 Å². The van der Waals surface area contributed by atoms with E-state index in [1.54, 1.807) is 0 Å². The Balaban J connectivity index is 3.28. The van der Waals surface area contributed by atoms with Gasteiger partial charge in [-0.2, -0.15) is 18.3 Å². The lowest BCUT2D eigenvalue weighted by molar-refractivity contribution is -0.142. The van der Waals surface area contributed by atoms with Gasteiger partial charge >= 0.3 is 6.18 Å². The Hall–Kier alpha value is -1.20.